The van der Waals surface area contributed by atoms with Gasteiger partial charge in [0.15, 0.2) is 23.0 Å². The molecule has 0 radical (unpaired) electrons. The number of nitrogens with one attached hydrogen (secondary N) is 1. The van der Waals surface area contributed by atoms with Crippen molar-refractivity contribution in [3.05, 3.63) is 45.9 Å². The van der Waals surface area contributed by atoms with Crippen LogP contribution in [0.2, 0.25) is 0 Å². The Morgan fingerprint density at radius 1 is 1.07 bits per heavy atom. The van der Waals surface area contributed by atoms with Crippen molar-refractivity contribution in [3.63, 3.8) is 0 Å². The van der Waals surface area contributed by atoms with Crippen LogP contribution in [0, 0.1) is 0 Å². The first-order valence-corrected chi connectivity index (χ1v) is 10.1. The van der Waals surface area contributed by atoms with Crippen LogP contribution in [0.1, 0.15) is 37.3 Å². The summed E-state index contributed by atoms with van der Waals surface area (Å²) >= 11 is 3.62. The van der Waals surface area contributed by atoms with Crippen molar-refractivity contribution in [2.24, 2.45) is 0 Å². The summed E-state index contributed by atoms with van der Waals surface area (Å²) in [6.45, 7) is 4.73. The Balaban J connectivity index is 0.00000280. The molecule has 0 fully saturated rings. The van der Waals surface area contributed by atoms with Gasteiger partial charge in [-0.2, -0.15) is 0 Å². The fourth-order valence-corrected chi connectivity index (χ4v) is 3.54. The number of hydrogen-bond donors (Lipinski definition) is 1. The first kappa shape index (κ1) is 22.7. The lowest BCUT2D eigenvalue weighted by atomic mass is 10.2. The highest BCUT2D eigenvalue weighted by atomic mass is 79.9. The molecule has 1 N–H and O–H groups in total. The molecule has 0 unspecified atom stereocenters. The number of ether oxygens (including phenoxy) is 4. The van der Waals surface area contributed by atoms with Crippen molar-refractivity contribution in [2.45, 2.75) is 39.3 Å². The molecule has 7 heteroatoms. The van der Waals surface area contributed by atoms with E-state index < -0.39 is 0 Å². The highest BCUT2D eigenvalue weighted by Gasteiger charge is 2.15. The highest BCUT2D eigenvalue weighted by Crippen LogP contribution is 2.38. The molecule has 0 saturated heterocycles. The monoisotopic (exact) mass is 471 g/mol. The number of methoxy groups -OCH3 is 1. The molecule has 0 atom stereocenters. The Morgan fingerprint density at radius 2 is 1.89 bits per heavy atom. The second-order valence-corrected chi connectivity index (χ2v) is 7.32. The number of unbranched alkanes of at least 4 members (excludes halogenated alkanes) is 2. The second kappa shape index (κ2) is 11.4. The molecule has 0 spiro atoms. The van der Waals surface area contributed by atoms with Gasteiger partial charge in [-0.3, -0.25) is 0 Å². The van der Waals surface area contributed by atoms with Crippen LogP contribution < -0.4 is 24.3 Å². The van der Waals surface area contributed by atoms with Crippen molar-refractivity contribution < 1.29 is 18.9 Å². The lowest BCUT2D eigenvalue weighted by Crippen LogP contribution is -2.14. The average Bonchev–Trinajstić information content (AvgIpc) is 3.14. The summed E-state index contributed by atoms with van der Waals surface area (Å²) in [6, 6.07) is 9.91. The molecule has 0 bridgehead atoms. The second-order valence-electron chi connectivity index (χ2n) is 6.47. The summed E-state index contributed by atoms with van der Waals surface area (Å²) in [4.78, 5) is 0. The molecule has 0 amide bonds. The average molecular weight is 473 g/mol. The topological polar surface area (TPSA) is 49.0 Å². The minimum atomic E-state index is 0. The van der Waals surface area contributed by atoms with Crippen LogP contribution >= 0.6 is 28.3 Å². The third-order valence-corrected chi connectivity index (χ3v) is 4.98. The Morgan fingerprint density at radius 3 is 2.68 bits per heavy atom. The fraction of sp³-hybridized carbons (Fsp3) is 0.429. The van der Waals surface area contributed by atoms with Crippen molar-refractivity contribution in [1.82, 2.24) is 5.32 Å². The molecule has 1 heterocycles. The third kappa shape index (κ3) is 5.93. The third-order valence-electron chi connectivity index (χ3n) is 4.40. The molecule has 154 valence electrons. The van der Waals surface area contributed by atoms with Crippen LogP contribution in [0.25, 0.3) is 0 Å². The summed E-state index contributed by atoms with van der Waals surface area (Å²) in [6.07, 6.45) is 3.69. The van der Waals surface area contributed by atoms with E-state index in [2.05, 4.69) is 34.2 Å². The molecular formula is C21H27BrClNO4. The maximum atomic E-state index is 6.03. The standard InChI is InChI=1S/C21H26BrNO4.ClH/c1-3-4-5-8-23-12-16-9-17(22)21(20(11-16)24-2)25-13-15-6-7-18-19(10-15)27-14-26-18;/h6-7,9-11,23H,3-5,8,12-14H2,1-2H3;1H. The maximum Gasteiger partial charge on any atom is 0.231 e. The first-order valence-electron chi connectivity index (χ1n) is 9.29. The van der Waals surface area contributed by atoms with E-state index in [1.807, 2.05) is 24.3 Å². The van der Waals surface area contributed by atoms with Gasteiger partial charge < -0.3 is 24.3 Å². The van der Waals surface area contributed by atoms with E-state index in [0.29, 0.717) is 12.4 Å². The van der Waals surface area contributed by atoms with Crippen LogP contribution in [0.5, 0.6) is 23.0 Å². The van der Waals surface area contributed by atoms with Gasteiger partial charge in [-0.25, -0.2) is 0 Å². The van der Waals surface area contributed by atoms with Gasteiger partial charge in [-0.15, -0.1) is 12.4 Å². The smallest absolute Gasteiger partial charge is 0.231 e. The minimum Gasteiger partial charge on any atom is -0.493 e. The first-order chi connectivity index (χ1) is 13.2. The molecule has 0 aromatic heterocycles. The van der Waals surface area contributed by atoms with Gasteiger partial charge in [-0.05, 0) is 64.3 Å². The molecule has 0 aliphatic carbocycles. The Labute approximate surface area is 181 Å². The van der Waals surface area contributed by atoms with E-state index in [1.165, 1.54) is 19.3 Å². The summed E-state index contributed by atoms with van der Waals surface area (Å²) in [5, 5.41) is 3.47. The van der Waals surface area contributed by atoms with E-state index in [9.17, 15) is 0 Å². The van der Waals surface area contributed by atoms with E-state index in [4.69, 9.17) is 18.9 Å². The van der Waals surface area contributed by atoms with E-state index in [-0.39, 0.29) is 19.2 Å². The maximum absolute atomic E-state index is 6.03. The molecule has 5 nitrogen and oxygen atoms in total. The lowest BCUT2D eigenvalue weighted by molar-refractivity contribution is 0.174. The zero-order chi connectivity index (χ0) is 19.1. The van der Waals surface area contributed by atoms with E-state index >= 15 is 0 Å². The molecule has 2 aromatic rings. The molecule has 28 heavy (non-hydrogen) atoms. The number of fused-ring (bicyclic) bond motifs is 1. The molecule has 2 aromatic carbocycles. The van der Waals surface area contributed by atoms with Crippen molar-refractivity contribution in [3.8, 4) is 23.0 Å². The highest BCUT2D eigenvalue weighted by molar-refractivity contribution is 9.10. The zero-order valence-corrected chi connectivity index (χ0v) is 18.7. The summed E-state index contributed by atoms with van der Waals surface area (Å²) in [5.41, 5.74) is 2.17. The van der Waals surface area contributed by atoms with Gasteiger partial charge in [0, 0.05) is 6.54 Å². The molecule has 3 rings (SSSR count). The van der Waals surface area contributed by atoms with Crippen LogP contribution in [0.15, 0.2) is 34.8 Å². The minimum absolute atomic E-state index is 0. The van der Waals surface area contributed by atoms with Crippen LogP contribution in [0.4, 0.5) is 0 Å². The number of hydrogen-bond acceptors (Lipinski definition) is 5. The Hall–Kier alpha value is -1.63. The number of benzene rings is 2. The van der Waals surface area contributed by atoms with Gasteiger partial charge in [0.25, 0.3) is 0 Å². The van der Waals surface area contributed by atoms with Crippen molar-refractivity contribution >= 4 is 28.3 Å². The molecule has 1 aliphatic heterocycles. The quantitative estimate of drug-likeness (QED) is 0.465. The Bertz CT molecular complexity index is 772. The summed E-state index contributed by atoms with van der Waals surface area (Å²) < 4.78 is 23.2. The largest absolute Gasteiger partial charge is 0.493 e. The predicted octanol–water partition coefficient (Wildman–Crippen LogP) is 5.47. The number of rotatable bonds is 10. The summed E-state index contributed by atoms with van der Waals surface area (Å²) in [7, 11) is 1.66. The Kier molecular flexibility index (Phi) is 9.22. The van der Waals surface area contributed by atoms with Crippen LogP contribution in [-0.4, -0.2) is 20.4 Å². The van der Waals surface area contributed by atoms with Crippen molar-refractivity contribution in [1.29, 1.82) is 0 Å². The van der Waals surface area contributed by atoms with Gasteiger partial charge in [-0.1, -0.05) is 25.8 Å². The fourth-order valence-electron chi connectivity index (χ4n) is 2.93. The van der Waals surface area contributed by atoms with Crippen LogP contribution in [0.3, 0.4) is 0 Å². The lowest BCUT2D eigenvalue weighted by Gasteiger charge is -2.15. The molecule has 1 aliphatic rings. The van der Waals surface area contributed by atoms with Gasteiger partial charge >= 0.3 is 0 Å². The number of halogens is 2. The molecule has 0 saturated carbocycles. The predicted molar refractivity (Wildman–Crippen MR) is 116 cm³/mol. The van der Waals surface area contributed by atoms with Gasteiger partial charge in [0.1, 0.15) is 6.61 Å². The normalized spacial score (nSPS) is 11.8. The van der Waals surface area contributed by atoms with E-state index in [0.717, 1.165) is 45.9 Å². The van der Waals surface area contributed by atoms with Crippen LogP contribution in [-0.2, 0) is 13.2 Å². The van der Waals surface area contributed by atoms with Gasteiger partial charge in [0.05, 0.1) is 11.6 Å². The zero-order valence-electron chi connectivity index (χ0n) is 16.3. The molecular weight excluding hydrogens is 446 g/mol. The van der Waals surface area contributed by atoms with Gasteiger partial charge in [0.2, 0.25) is 6.79 Å². The van der Waals surface area contributed by atoms with E-state index in [1.54, 1.807) is 7.11 Å². The SMILES string of the molecule is CCCCCNCc1cc(Br)c(OCc2ccc3c(c2)OCO3)c(OC)c1.Cl. The van der Waals surface area contributed by atoms with Crippen molar-refractivity contribution in [2.75, 3.05) is 20.4 Å². The summed E-state index contributed by atoms with van der Waals surface area (Å²) in [5.74, 6) is 2.94.